The lowest BCUT2D eigenvalue weighted by Crippen LogP contribution is -2.39. The van der Waals surface area contributed by atoms with E-state index in [0.29, 0.717) is 24.4 Å². The minimum absolute atomic E-state index is 0.217. The van der Waals surface area contributed by atoms with E-state index in [-0.39, 0.29) is 17.6 Å². The zero-order valence-corrected chi connectivity index (χ0v) is 13.9. The number of piperidine rings is 1. The van der Waals surface area contributed by atoms with Crippen LogP contribution in [0.2, 0.25) is 0 Å². The quantitative estimate of drug-likeness (QED) is 0.858. The van der Waals surface area contributed by atoms with E-state index in [1.807, 2.05) is 17.9 Å². The van der Waals surface area contributed by atoms with Crippen LogP contribution >= 0.6 is 0 Å². The lowest BCUT2D eigenvalue weighted by molar-refractivity contribution is -0.132. The second kappa shape index (κ2) is 7.51. The monoisotopic (exact) mass is 327 g/mol. The molecule has 1 fully saturated rings. The van der Waals surface area contributed by atoms with Crippen molar-refractivity contribution in [3.8, 4) is 11.4 Å². The van der Waals surface area contributed by atoms with E-state index in [0.717, 1.165) is 31.5 Å². The van der Waals surface area contributed by atoms with Crippen LogP contribution in [0.4, 0.5) is 4.39 Å². The minimum Gasteiger partial charge on any atom is -0.342 e. The zero-order chi connectivity index (χ0) is 16.9. The Morgan fingerprint density at radius 1 is 1.38 bits per heavy atom. The average Bonchev–Trinajstić information content (AvgIpc) is 2.62. The summed E-state index contributed by atoms with van der Waals surface area (Å²) in [5.74, 6) is 0.677. The molecule has 1 saturated heterocycles. The topological polar surface area (TPSA) is 46.1 Å². The van der Waals surface area contributed by atoms with E-state index in [9.17, 15) is 9.18 Å². The molecule has 1 atom stereocenters. The Morgan fingerprint density at radius 2 is 2.25 bits per heavy atom. The standard InChI is InChI=1S/C19H22FN3O/c1-2-5-18(24)23-11-4-7-15(13-23)17-9-10-21-19(22-17)14-6-3-8-16(20)12-14/h3,6,8-10,12,15H,2,4-5,7,11,13H2,1H3. The molecule has 1 amide bonds. The van der Waals surface area contributed by atoms with Gasteiger partial charge in [-0.3, -0.25) is 4.79 Å². The first-order valence-corrected chi connectivity index (χ1v) is 8.54. The molecule has 0 N–H and O–H groups in total. The average molecular weight is 327 g/mol. The SMILES string of the molecule is CCCC(=O)N1CCCC(c2ccnc(-c3cccc(F)c3)n2)C1. The van der Waals surface area contributed by atoms with Crippen LogP contribution < -0.4 is 0 Å². The first kappa shape index (κ1) is 16.6. The van der Waals surface area contributed by atoms with Crippen molar-refractivity contribution in [2.75, 3.05) is 13.1 Å². The number of hydrogen-bond acceptors (Lipinski definition) is 3. The highest BCUT2D eigenvalue weighted by atomic mass is 19.1. The van der Waals surface area contributed by atoms with Gasteiger partial charge in [0, 0.05) is 42.9 Å². The number of benzene rings is 1. The Balaban J connectivity index is 1.79. The first-order chi connectivity index (χ1) is 11.7. The minimum atomic E-state index is -0.296. The molecule has 1 aliphatic rings. The molecule has 1 aromatic carbocycles. The molecule has 1 aromatic heterocycles. The molecular formula is C19H22FN3O. The Bertz CT molecular complexity index is 719. The molecule has 0 spiro atoms. The van der Waals surface area contributed by atoms with Crippen molar-refractivity contribution < 1.29 is 9.18 Å². The van der Waals surface area contributed by atoms with Gasteiger partial charge in [0.05, 0.1) is 0 Å². The zero-order valence-electron chi connectivity index (χ0n) is 13.9. The second-order valence-corrected chi connectivity index (χ2v) is 6.24. The number of likely N-dealkylation sites (tertiary alicyclic amines) is 1. The molecule has 5 heteroatoms. The third kappa shape index (κ3) is 3.78. The van der Waals surface area contributed by atoms with Crippen molar-refractivity contribution in [1.29, 1.82) is 0 Å². The lowest BCUT2D eigenvalue weighted by Gasteiger charge is -2.32. The van der Waals surface area contributed by atoms with Gasteiger partial charge in [-0.05, 0) is 37.5 Å². The van der Waals surface area contributed by atoms with Crippen LogP contribution in [-0.4, -0.2) is 33.9 Å². The summed E-state index contributed by atoms with van der Waals surface area (Å²) >= 11 is 0. The maximum Gasteiger partial charge on any atom is 0.222 e. The van der Waals surface area contributed by atoms with Crippen molar-refractivity contribution in [2.24, 2.45) is 0 Å². The molecule has 0 aliphatic carbocycles. The summed E-state index contributed by atoms with van der Waals surface area (Å²) in [6.07, 6.45) is 5.19. The molecule has 0 radical (unpaired) electrons. The summed E-state index contributed by atoms with van der Waals surface area (Å²) in [5.41, 5.74) is 1.60. The van der Waals surface area contributed by atoms with Gasteiger partial charge < -0.3 is 4.90 Å². The van der Waals surface area contributed by atoms with Gasteiger partial charge in [-0.25, -0.2) is 14.4 Å². The Labute approximate surface area is 141 Å². The molecule has 4 nitrogen and oxygen atoms in total. The van der Waals surface area contributed by atoms with Crippen molar-refractivity contribution >= 4 is 5.91 Å². The van der Waals surface area contributed by atoms with Crippen LogP contribution in [0.1, 0.15) is 44.2 Å². The summed E-state index contributed by atoms with van der Waals surface area (Å²) in [6.45, 7) is 3.56. The number of halogens is 1. The molecule has 2 heterocycles. The van der Waals surface area contributed by atoms with Gasteiger partial charge in [-0.2, -0.15) is 0 Å². The third-order valence-corrected chi connectivity index (χ3v) is 4.42. The highest BCUT2D eigenvalue weighted by Gasteiger charge is 2.25. The second-order valence-electron chi connectivity index (χ2n) is 6.24. The van der Waals surface area contributed by atoms with E-state index in [4.69, 9.17) is 0 Å². The number of rotatable bonds is 4. The molecular weight excluding hydrogens is 305 g/mol. The summed E-state index contributed by atoms with van der Waals surface area (Å²) in [7, 11) is 0. The number of amides is 1. The predicted molar refractivity (Wildman–Crippen MR) is 90.9 cm³/mol. The third-order valence-electron chi connectivity index (χ3n) is 4.42. The summed E-state index contributed by atoms with van der Waals surface area (Å²) < 4.78 is 13.4. The summed E-state index contributed by atoms with van der Waals surface area (Å²) in [6, 6.07) is 8.22. The van der Waals surface area contributed by atoms with Crippen LogP contribution in [0.25, 0.3) is 11.4 Å². The fourth-order valence-corrected chi connectivity index (χ4v) is 3.18. The largest absolute Gasteiger partial charge is 0.342 e. The van der Waals surface area contributed by atoms with Crippen molar-refractivity contribution in [3.05, 3.63) is 48.0 Å². The van der Waals surface area contributed by atoms with Gasteiger partial charge in [0.25, 0.3) is 0 Å². The van der Waals surface area contributed by atoms with Gasteiger partial charge in [-0.15, -0.1) is 0 Å². The normalized spacial score (nSPS) is 17.8. The molecule has 0 bridgehead atoms. The van der Waals surface area contributed by atoms with E-state index >= 15 is 0 Å². The highest BCUT2D eigenvalue weighted by molar-refractivity contribution is 5.76. The predicted octanol–water partition coefficient (Wildman–Crippen LogP) is 3.79. The van der Waals surface area contributed by atoms with Crippen molar-refractivity contribution in [2.45, 2.75) is 38.5 Å². The van der Waals surface area contributed by atoms with E-state index in [1.54, 1.807) is 18.3 Å². The first-order valence-electron chi connectivity index (χ1n) is 8.54. The van der Waals surface area contributed by atoms with Crippen LogP contribution in [0.3, 0.4) is 0 Å². The highest BCUT2D eigenvalue weighted by Crippen LogP contribution is 2.27. The van der Waals surface area contributed by atoms with Crippen molar-refractivity contribution in [1.82, 2.24) is 14.9 Å². The van der Waals surface area contributed by atoms with Gasteiger partial charge in [-0.1, -0.05) is 19.1 Å². The van der Waals surface area contributed by atoms with Crippen LogP contribution in [-0.2, 0) is 4.79 Å². The number of aromatic nitrogens is 2. The maximum atomic E-state index is 13.4. The summed E-state index contributed by atoms with van der Waals surface area (Å²) in [5, 5.41) is 0. The molecule has 1 aliphatic heterocycles. The number of carbonyl (C=O) groups is 1. The van der Waals surface area contributed by atoms with Gasteiger partial charge in [0.15, 0.2) is 5.82 Å². The van der Waals surface area contributed by atoms with Gasteiger partial charge in [0.1, 0.15) is 5.82 Å². The Morgan fingerprint density at radius 3 is 3.04 bits per heavy atom. The van der Waals surface area contributed by atoms with Gasteiger partial charge >= 0.3 is 0 Å². The molecule has 1 unspecified atom stereocenters. The van der Waals surface area contributed by atoms with E-state index in [2.05, 4.69) is 9.97 Å². The summed E-state index contributed by atoms with van der Waals surface area (Å²) in [4.78, 5) is 23.0. The van der Waals surface area contributed by atoms with Gasteiger partial charge in [0.2, 0.25) is 5.91 Å². The van der Waals surface area contributed by atoms with Crippen LogP contribution in [0.15, 0.2) is 36.5 Å². The number of carbonyl (C=O) groups excluding carboxylic acids is 1. The smallest absolute Gasteiger partial charge is 0.222 e. The van der Waals surface area contributed by atoms with E-state index < -0.39 is 0 Å². The Hall–Kier alpha value is -2.30. The van der Waals surface area contributed by atoms with E-state index in [1.165, 1.54) is 12.1 Å². The molecule has 24 heavy (non-hydrogen) atoms. The number of nitrogens with zero attached hydrogens (tertiary/aromatic N) is 3. The molecule has 126 valence electrons. The lowest BCUT2D eigenvalue weighted by atomic mass is 9.94. The number of hydrogen-bond donors (Lipinski definition) is 0. The molecule has 3 rings (SSSR count). The van der Waals surface area contributed by atoms with Crippen LogP contribution in [0.5, 0.6) is 0 Å². The van der Waals surface area contributed by atoms with Crippen LogP contribution in [0, 0.1) is 5.82 Å². The fourth-order valence-electron chi connectivity index (χ4n) is 3.18. The van der Waals surface area contributed by atoms with Crippen molar-refractivity contribution in [3.63, 3.8) is 0 Å². The maximum absolute atomic E-state index is 13.4. The fraction of sp³-hybridized carbons (Fsp3) is 0.421. The molecule has 2 aromatic rings. The Kier molecular flexibility index (Phi) is 5.18. The molecule has 0 saturated carbocycles.